The molecule has 0 spiro atoms. The molecule has 2 heterocycles. The van der Waals surface area contributed by atoms with E-state index in [0.717, 1.165) is 27.1 Å². The SMILES string of the molecule is COC(=O)c1c(OCc2ccccc2)nc2c(c1OCc1ccccc1)CCSc1cc(N(C)C(=O)OC(C)(C)C)ccc1-2. The minimum Gasteiger partial charge on any atom is -0.487 e. The number of anilines is 1. The number of fused-ring (bicyclic) bond motifs is 3. The molecule has 44 heavy (non-hydrogen) atoms. The second kappa shape index (κ2) is 13.4. The van der Waals surface area contributed by atoms with Gasteiger partial charge in [0.1, 0.15) is 24.6 Å². The van der Waals surface area contributed by atoms with Gasteiger partial charge in [-0.05, 0) is 56.5 Å². The summed E-state index contributed by atoms with van der Waals surface area (Å²) in [5.41, 5.74) is 4.45. The van der Waals surface area contributed by atoms with Gasteiger partial charge in [0.2, 0.25) is 5.88 Å². The fraction of sp³-hybridized carbons (Fsp3) is 0.286. The van der Waals surface area contributed by atoms with Crippen molar-refractivity contribution in [1.29, 1.82) is 0 Å². The maximum atomic E-state index is 13.3. The highest BCUT2D eigenvalue weighted by Gasteiger charge is 2.31. The zero-order chi connectivity index (χ0) is 31.3. The molecular formula is C35H36N2O6S. The molecule has 0 fully saturated rings. The van der Waals surface area contributed by atoms with Crippen LogP contribution in [0.1, 0.15) is 47.8 Å². The first kappa shape index (κ1) is 30.9. The molecule has 1 aliphatic rings. The van der Waals surface area contributed by atoms with E-state index in [1.54, 1.807) is 18.8 Å². The number of aromatic nitrogens is 1. The molecule has 228 valence electrons. The summed E-state index contributed by atoms with van der Waals surface area (Å²) in [6.07, 6.45) is 0.150. The van der Waals surface area contributed by atoms with Gasteiger partial charge in [0.05, 0.1) is 12.8 Å². The molecule has 4 aromatic rings. The van der Waals surface area contributed by atoms with E-state index in [0.29, 0.717) is 29.3 Å². The van der Waals surface area contributed by atoms with E-state index in [2.05, 4.69) is 0 Å². The second-order valence-corrected chi connectivity index (χ2v) is 12.4. The van der Waals surface area contributed by atoms with Crippen LogP contribution in [-0.2, 0) is 29.1 Å². The molecule has 5 rings (SSSR count). The largest absolute Gasteiger partial charge is 0.487 e. The summed E-state index contributed by atoms with van der Waals surface area (Å²) in [4.78, 5) is 33.5. The molecule has 1 amide bonds. The van der Waals surface area contributed by atoms with Crippen molar-refractivity contribution in [3.63, 3.8) is 0 Å². The lowest BCUT2D eigenvalue weighted by molar-refractivity contribution is 0.0578. The molecule has 0 unspecified atom stereocenters. The third-order valence-electron chi connectivity index (χ3n) is 6.93. The molecule has 0 saturated carbocycles. The van der Waals surface area contributed by atoms with Gasteiger partial charge in [-0.2, -0.15) is 0 Å². The fourth-order valence-electron chi connectivity index (χ4n) is 4.77. The molecule has 0 aliphatic carbocycles. The Morgan fingerprint density at radius 3 is 2.16 bits per heavy atom. The van der Waals surface area contributed by atoms with Crippen molar-refractivity contribution in [2.24, 2.45) is 0 Å². The summed E-state index contributed by atoms with van der Waals surface area (Å²) in [7, 11) is 3.03. The zero-order valence-corrected chi connectivity index (χ0v) is 26.4. The highest BCUT2D eigenvalue weighted by atomic mass is 32.2. The van der Waals surface area contributed by atoms with Gasteiger partial charge in [0.25, 0.3) is 0 Å². The highest BCUT2D eigenvalue weighted by molar-refractivity contribution is 7.99. The maximum Gasteiger partial charge on any atom is 0.414 e. The molecule has 1 aromatic heterocycles. The molecule has 0 radical (unpaired) electrons. The van der Waals surface area contributed by atoms with Crippen molar-refractivity contribution in [3.05, 3.63) is 101 Å². The summed E-state index contributed by atoms with van der Waals surface area (Å²) in [6.45, 7) is 5.97. The Bertz CT molecular complexity index is 1640. The number of nitrogens with zero attached hydrogens (tertiary/aromatic N) is 2. The molecule has 8 nitrogen and oxygen atoms in total. The van der Waals surface area contributed by atoms with Gasteiger partial charge in [-0.3, -0.25) is 4.90 Å². The number of hydrogen-bond donors (Lipinski definition) is 0. The zero-order valence-electron chi connectivity index (χ0n) is 25.6. The Balaban J connectivity index is 1.61. The predicted octanol–water partition coefficient (Wildman–Crippen LogP) is 7.71. The number of hydrogen-bond acceptors (Lipinski definition) is 8. The number of thioether (sulfide) groups is 1. The summed E-state index contributed by atoms with van der Waals surface area (Å²) in [6, 6.07) is 25.2. The Morgan fingerprint density at radius 2 is 1.55 bits per heavy atom. The van der Waals surface area contributed by atoms with Gasteiger partial charge in [0, 0.05) is 34.5 Å². The van der Waals surface area contributed by atoms with Crippen LogP contribution in [0.2, 0.25) is 0 Å². The quantitative estimate of drug-likeness (QED) is 0.187. The Kier molecular flexibility index (Phi) is 9.44. The normalized spacial score (nSPS) is 12.3. The van der Waals surface area contributed by atoms with Crippen LogP contribution in [0, 0.1) is 0 Å². The number of carbonyl (C=O) groups excluding carboxylic acids is 2. The first-order chi connectivity index (χ1) is 21.1. The fourth-order valence-corrected chi connectivity index (χ4v) is 5.82. The van der Waals surface area contributed by atoms with E-state index in [-0.39, 0.29) is 24.7 Å². The van der Waals surface area contributed by atoms with Crippen molar-refractivity contribution < 1.29 is 28.5 Å². The first-order valence-corrected chi connectivity index (χ1v) is 15.4. The van der Waals surface area contributed by atoms with Crippen molar-refractivity contribution >= 4 is 29.5 Å². The Hall–Kier alpha value is -4.50. The van der Waals surface area contributed by atoms with Crippen LogP contribution in [0.4, 0.5) is 10.5 Å². The van der Waals surface area contributed by atoms with Crippen LogP contribution in [-0.4, -0.2) is 42.6 Å². The average molecular weight is 613 g/mol. The van der Waals surface area contributed by atoms with Gasteiger partial charge >= 0.3 is 12.1 Å². The number of rotatable bonds is 8. The summed E-state index contributed by atoms with van der Waals surface area (Å²) < 4.78 is 23.5. The molecule has 0 bridgehead atoms. The van der Waals surface area contributed by atoms with Gasteiger partial charge in [-0.1, -0.05) is 60.7 Å². The maximum absolute atomic E-state index is 13.3. The molecule has 0 N–H and O–H groups in total. The third kappa shape index (κ3) is 7.17. The number of pyridine rings is 1. The summed E-state index contributed by atoms with van der Waals surface area (Å²) >= 11 is 1.65. The number of methoxy groups -OCH3 is 1. The van der Waals surface area contributed by atoms with Gasteiger partial charge in [-0.15, -0.1) is 11.8 Å². The van der Waals surface area contributed by atoms with E-state index in [1.807, 2.05) is 99.6 Å². The van der Waals surface area contributed by atoms with Crippen LogP contribution in [0.15, 0.2) is 83.8 Å². The van der Waals surface area contributed by atoms with E-state index in [1.165, 1.54) is 12.0 Å². The minimum absolute atomic E-state index is 0.135. The van der Waals surface area contributed by atoms with E-state index < -0.39 is 17.7 Å². The monoisotopic (exact) mass is 612 g/mol. The first-order valence-electron chi connectivity index (χ1n) is 14.4. The van der Waals surface area contributed by atoms with Crippen molar-refractivity contribution in [1.82, 2.24) is 4.98 Å². The summed E-state index contributed by atoms with van der Waals surface area (Å²) in [5.74, 6) is 0.652. The minimum atomic E-state index is -0.613. The van der Waals surface area contributed by atoms with E-state index >= 15 is 0 Å². The molecule has 0 saturated heterocycles. The Morgan fingerprint density at radius 1 is 0.909 bits per heavy atom. The van der Waals surface area contributed by atoms with E-state index in [9.17, 15) is 9.59 Å². The number of ether oxygens (including phenoxy) is 4. The van der Waals surface area contributed by atoms with Crippen LogP contribution in [0.5, 0.6) is 11.6 Å². The second-order valence-electron chi connectivity index (χ2n) is 11.3. The average Bonchev–Trinajstić information content (AvgIpc) is 3.20. The van der Waals surface area contributed by atoms with Crippen LogP contribution in [0.3, 0.4) is 0 Å². The lowest BCUT2D eigenvalue weighted by Gasteiger charge is -2.25. The number of esters is 1. The van der Waals surface area contributed by atoms with Crippen LogP contribution >= 0.6 is 11.8 Å². The van der Waals surface area contributed by atoms with Gasteiger partial charge < -0.3 is 18.9 Å². The number of amides is 1. The molecule has 3 aromatic carbocycles. The topological polar surface area (TPSA) is 87.2 Å². The van der Waals surface area contributed by atoms with Crippen LogP contribution in [0.25, 0.3) is 11.3 Å². The molecule has 9 heteroatoms. The number of benzene rings is 3. The highest BCUT2D eigenvalue weighted by Crippen LogP contribution is 2.45. The molecule has 1 aliphatic heterocycles. The smallest absolute Gasteiger partial charge is 0.414 e. The molecular weight excluding hydrogens is 576 g/mol. The molecule has 0 atom stereocenters. The van der Waals surface area contributed by atoms with Crippen molar-refractivity contribution in [2.45, 2.75) is 50.9 Å². The third-order valence-corrected chi connectivity index (χ3v) is 7.99. The van der Waals surface area contributed by atoms with E-state index in [4.69, 9.17) is 23.9 Å². The van der Waals surface area contributed by atoms with Crippen molar-refractivity contribution in [2.75, 3.05) is 24.8 Å². The van der Waals surface area contributed by atoms with Crippen LogP contribution < -0.4 is 14.4 Å². The Labute approximate surface area is 262 Å². The summed E-state index contributed by atoms with van der Waals surface area (Å²) in [5, 5.41) is 0. The lowest BCUT2D eigenvalue weighted by atomic mass is 9.99. The number of carbonyl (C=O) groups is 2. The predicted molar refractivity (Wildman–Crippen MR) is 172 cm³/mol. The van der Waals surface area contributed by atoms with Crippen molar-refractivity contribution in [3.8, 4) is 22.9 Å². The lowest BCUT2D eigenvalue weighted by Crippen LogP contribution is -2.34. The standard InChI is InChI=1S/C35H36N2O6S/c1-35(2,3)43-34(39)37(4)25-16-17-26-28(20-25)44-19-18-27-30(26)36-32(42-22-24-14-10-7-11-15-24)29(33(38)40-5)31(27)41-21-23-12-8-6-9-13-23/h6-17,20H,18-19,21-22H2,1-5H3. The van der Waals surface area contributed by atoms with Gasteiger partial charge in [0.15, 0.2) is 5.56 Å². The van der Waals surface area contributed by atoms with Gasteiger partial charge in [-0.25, -0.2) is 14.6 Å².